The van der Waals surface area contributed by atoms with Crippen LogP contribution in [0.5, 0.6) is 11.5 Å². The van der Waals surface area contributed by atoms with Crippen LogP contribution in [0.4, 0.5) is 11.4 Å². The molecule has 0 unspecified atom stereocenters. The Morgan fingerprint density at radius 2 is 2.06 bits per heavy atom. The molecule has 0 aliphatic heterocycles. The van der Waals surface area contributed by atoms with E-state index in [2.05, 4.69) is 22.2 Å². The number of carbonyl (C=O) groups is 1. The zero-order chi connectivity index (χ0) is 23.2. The van der Waals surface area contributed by atoms with Crippen molar-refractivity contribution in [3.8, 4) is 11.5 Å². The van der Waals surface area contributed by atoms with E-state index in [1.165, 1.54) is 6.20 Å². The van der Waals surface area contributed by atoms with Crippen molar-refractivity contribution < 1.29 is 14.3 Å². The number of para-hydroxylation sites is 1. The lowest BCUT2D eigenvalue weighted by molar-refractivity contribution is 0.100. The monoisotopic (exact) mass is 445 g/mol. The Labute approximate surface area is 192 Å². The van der Waals surface area contributed by atoms with Crippen molar-refractivity contribution in [2.45, 2.75) is 26.3 Å². The smallest absolute Gasteiger partial charge is 0.252 e. The van der Waals surface area contributed by atoms with Crippen LogP contribution in [0.25, 0.3) is 10.9 Å². The highest BCUT2D eigenvalue weighted by Crippen LogP contribution is 2.37. The summed E-state index contributed by atoms with van der Waals surface area (Å²) in [7, 11) is 1.59. The van der Waals surface area contributed by atoms with Gasteiger partial charge >= 0.3 is 0 Å². The number of aryl methyl sites for hydroxylation is 2. The van der Waals surface area contributed by atoms with E-state index in [9.17, 15) is 4.79 Å². The summed E-state index contributed by atoms with van der Waals surface area (Å²) in [5.41, 5.74) is 9.30. The van der Waals surface area contributed by atoms with Crippen molar-refractivity contribution in [1.29, 1.82) is 0 Å². The van der Waals surface area contributed by atoms with Gasteiger partial charge in [0.15, 0.2) is 11.5 Å². The maximum atomic E-state index is 12.2. The molecule has 0 atom stereocenters. The first-order valence-corrected chi connectivity index (χ1v) is 10.8. The number of ether oxygens (including phenoxy) is 2. The summed E-state index contributed by atoms with van der Waals surface area (Å²) in [5.74, 6) is 0.592. The predicted molar refractivity (Wildman–Crippen MR) is 128 cm³/mol. The van der Waals surface area contributed by atoms with Crippen LogP contribution in [0.2, 0.25) is 0 Å². The summed E-state index contributed by atoms with van der Waals surface area (Å²) in [6.45, 7) is 3.37. The molecular formula is C25H27N5O3. The number of methoxy groups -OCH3 is 1. The Hall–Kier alpha value is -4.07. The second-order valence-electron chi connectivity index (χ2n) is 7.57. The number of anilines is 2. The molecule has 0 saturated carbocycles. The maximum absolute atomic E-state index is 12.2. The average molecular weight is 446 g/mol. The molecule has 0 radical (unpaired) electrons. The Morgan fingerprint density at radius 3 is 2.79 bits per heavy atom. The summed E-state index contributed by atoms with van der Waals surface area (Å²) >= 11 is 0. The number of nitrogens with zero attached hydrogens (tertiary/aromatic N) is 3. The summed E-state index contributed by atoms with van der Waals surface area (Å²) < 4.78 is 13.6. The molecule has 2 aromatic heterocycles. The minimum Gasteiger partial charge on any atom is -0.493 e. The number of aromatic nitrogens is 3. The van der Waals surface area contributed by atoms with Crippen LogP contribution >= 0.6 is 0 Å². The fourth-order valence-corrected chi connectivity index (χ4v) is 3.73. The number of benzene rings is 2. The van der Waals surface area contributed by atoms with Crippen LogP contribution < -0.4 is 20.5 Å². The van der Waals surface area contributed by atoms with E-state index < -0.39 is 5.91 Å². The summed E-state index contributed by atoms with van der Waals surface area (Å²) in [6, 6.07) is 11.6. The van der Waals surface area contributed by atoms with Gasteiger partial charge in [-0.1, -0.05) is 25.1 Å². The van der Waals surface area contributed by atoms with Gasteiger partial charge in [-0.15, -0.1) is 0 Å². The van der Waals surface area contributed by atoms with Crippen LogP contribution in [0, 0.1) is 0 Å². The summed E-state index contributed by atoms with van der Waals surface area (Å²) in [6.07, 6.45) is 8.58. The van der Waals surface area contributed by atoms with Crippen molar-refractivity contribution in [1.82, 2.24) is 14.5 Å². The molecule has 170 valence electrons. The molecule has 8 heteroatoms. The second kappa shape index (κ2) is 10.0. The van der Waals surface area contributed by atoms with E-state index in [1.54, 1.807) is 19.6 Å². The molecule has 33 heavy (non-hydrogen) atoms. The number of rotatable bonds is 10. The van der Waals surface area contributed by atoms with E-state index in [4.69, 9.17) is 15.2 Å². The van der Waals surface area contributed by atoms with E-state index in [0.29, 0.717) is 34.9 Å². The van der Waals surface area contributed by atoms with E-state index in [-0.39, 0.29) is 0 Å². The average Bonchev–Trinajstić information content (AvgIpc) is 3.35. The highest BCUT2D eigenvalue weighted by Gasteiger charge is 2.18. The first-order valence-electron chi connectivity index (χ1n) is 10.8. The van der Waals surface area contributed by atoms with Crippen molar-refractivity contribution in [2.75, 3.05) is 19.0 Å². The molecule has 2 aromatic carbocycles. The first-order chi connectivity index (χ1) is 16.1. The van der Waals surface area contributed by atoms with Crippen LogP contribution in [-0.4, -0.2) is 34.2 Å². The molecule has 0 saturated heterocycles. The number of pyridine rings is 1. The summed E-state index contributed by atoms with van der Waals surface area (Å²) in [4.78, 5) is 20.7. The van der Waals surface area contributed by atoms with Crippen LogP contribution in [0.3, 0.4) is 0 Å². The topological polar surface area (TPSA) is 104 Å². The quantitative estimate of drug-likeness (QED) is 0.353. The lowest BCUT2D eigenvalue weighted by Gasteiger charge is -2.17. The third-order valence-electron chi connectivity index (χ3n) is 5.45. The van der Waals surface area contributed by atoms with Gasteiger partial charge in [-0.25, -0.2) is 4.98 Å². The Kier molecular flexibility index (Phi) is 6.73. The SMILES string of the molecule is CCc1ccccc1Nc1c(C(N)=O)cnc2cc(OC)c(OCCCn3ccnc3)cc12. The molecule has 8 nitrogen and oxygen atoms in total. The predicted octanol–water partition coefficient (Wildman–Crippen LogP) is 4.31. The Morgan fingerprint density at radius 1 is 1.21 bits per heavy atom. The van der Waals surface area contributed by atoms with Gasteiger partial charge in [-0.2, -0.15) is 0 Å². The number of hydrogen-bond donors (Lipinski definition) is 2. The Bertz CT molecular complexity index is 1250. The van der Waals surface area contributed by atoms with Gasteiger partial charge in [-0.05, 0) is 30.5 Å². The highest BCUT2D eigenvalue weighted by atomic mass is 16.5. The minimum absolute atomic E-state index is 0.310. The molecular weight excluding hydrogens is 418 g/mol. The number of primary amides is 1. The van der Waals surface area contributed by atoms with Crippen LogP contribution in [-0.2, 0) is 13.0 Å². The number of hydrogen-bond acceptors (Lipinski definition) is 6. The minimum atomic E-state index is -0.556. The van der Waals surface area contributed by atoms with Gasteiger partial charge in [-0.3, -0.25) is 9.78 Å². The van der Waals surface area contributed by atoms with E-state index in [1.807, 2.05) is 47.2 Å². The van der Waals surface area contributed by atoms with Crippen LogP contribution in [0.15, 0.2) is 61.3 Å². The third kappa shape index (κ3) is 4.90. The second-order valence-corrected chi connectivity index (χ2v) is 7.57. The van der Waals surface area contributed by atoms with Gasteiger partial charge in [0.25, 0.3) is 5.91 Å². The summed E-state index contributed by atoms with van der Waals surface area (Å²) in [5, 5.41) is 4.14. The number of nitrogens with two attached hydrogens (primary N) is 1. The largest absolute Gasteiger partial charge is 0.493 e. The number of carbonyl (C=O) groups excluding carboxylic acids is 1. The Balaban J connectivity index is 1.70. The molecule has 4 rings (SSSR count). The molecule has 0 fully saturated rings. The van der Waals surface area contributed by atoms with Gasteiger partial charge in [0.2, 0.25) is 0 Å². The van der Waals surface area contributed by atoms with Crippen molar-refractivity contribution in [2.24, 2.45) is 5.73 Å². The number of amides is 1. The lowest BCUT2D eigenvalue weighted by atomic mass is 10.1. The molecule has 2 heterocycles. The zero-order valence-electron chi connectivity index (χ0n) is 18.7. The van der Waals surface area contributed by atoms with E-state index >= 15 is 0 Å². The van der Waals surface area contributed by atoms with Gasteiger partial charge in [0.05, 0.1) is 36.8 Å². The van der Waals surface area contributed by atoms with Crippen molar-refractivity contribution >= 4 is 28.2 Å². The molecule has 3 N–H and O–H groups in total. The maximum Gasteiger partial charge on any atom is 0.252 e. The molecule has 0 aliphatic rings. The standard InChI is InChI=1S/C25H27N5O3/c1-3-17-7-4-5-8-20(17)29-24-18-13-23(33-12-6-10-30-11-9-27-16-30)22(32-2)14-21(18)28-15-19(24)25(26)31/h4-5,7-9,11,13-16H,3,6,10,12H2,1-2H3,(H2,26,31)(H,28,29). The van der Waals surface area contributed by atoms with Crippen molar-refractivity contribution in [3.63, 3.8) is 0 Å². The van der Waals surface area contributed by atoms with E-state index in [0.717, 1.165) is 36.0 Å². The molecule has 4 aromatic rings. The molecule has 0 spiro atoms. The van der Waals surface area contributed by atoms with Crippen LogP contribution in [0.1, 0.15) is 29.3 Å². The fourth-order valence-electron chi connectivity index (χ4n) is 3.73. The van der Waals surface area contributed by atoms with Gasteiger partial charge in [0, 0.05) is 42.3 Å². The molecule has 0 aliphatic carbocycles. The molecule has 1 amide bonds. The highest BCUT2D eigenvalue weighted by molar-refractivity contribution is 6.08. The third-order valence-corrected chi connectivity index (χ3v) is 5.45. The molecule has 0 bridgehead atoms. The number of imidazole rings is 1. The fraction of sp³-hybridized carbons (Fsp3) is 0.240. The number of fused-ring (bicyclic) bond motifs is 1. The lowest BCUT2D eigenvalue weighted by Crippen LogP contribution is -2.14. The number of nitrogens with one attached hydrogen (secondary N) is 1. The van der Waals surface area contributed by atoms with Crippen molar-refractivity contribution in [3.05, 3.63) is 72.4 Å². The normalized spacial score (nSPS) is 10.8. The van der Waals surface area contributed by atoms with Gasteiger partial charge < -0.3 is 25.1 Å². The van der Waals surface area contributed by atoms with Gasteiger partial charge in [0.1, 0.15) is 0 Å². The zero-order valence-corrected chi connectivity index (χ0v) is 18.7. The first kappa shape index (κ1) is 22.1.